The van der Waals surface area contributed by atoms with Crippen molar-refractivity contribution >= 4 is 23.4 Å². The number of halogens is 2. The number of carbonyl (C=O) groups is 1. The third-order valence-corrected chi connectivity index (χ3v) is 7.68. The van der Waals surface area contributed by atoms with Crippen LogP contribution >= 0.6 is 11.6 Å². The van der Waals surface area contributed by atoms with Gasteiger partial charge in [0.05, 0.1) is 6.42 Å². The van der Waals surface area contributed by atoms with Crippen molar-refractivity contribution in [3.05, 3.63) is 93.9 Å². The number of piperazine rings is 1. The summed E-state index contributed by atoms with van der Waals surface area (Å²) in [6.45, 7) is 14.9. The van der Waals surface area contributed by atoms with E-state index in [0.29, 0.717) is 23.6 Å². The predicted molar refractivity (Wildman–Crippen MR) is 163 cm³/mol. The maximum Gasteiger partial charge on any atom is 0.306 e. The van der Waals surface area contributed by atoms with Gasteiger partial charge in [-0.25, -0.2) is 9.37 Å². The molecule has 0 atom stereocenters. The second kappa shape index (κ2) is 14.3. The molecule has 0 spiro atoms. The minimum absolute atomic E-state index is 0.0980. The Bertz CT molecular complexity index is 1270. The summed E-state index contributed by atoms with van der Waals surface area (Å²) < 4.78 is 19.8. The van der Waals surface area contributed by atoms with Gasteiger partial charge in [0.2, 0.25) is 0 Å². The lowest BCUT2D eigenvalue weighted by Gasteiger charge is -2.36. The first kappa shape index (κ1) is 30.9. The van der Waals surface area contributed by atoms with E-state index in [1.165, 1.54) is 17.2 Å². The standard InChI is InChI=1S/C33H42ClFN4O2/c1-5-37(23-28-29(34)9-6-10-30(28)35)21-25-11-13-26(14-12-25)22-38-16-18-39(19-17-38)32-27(8-7-15-36-32)24-41-31(40)20-33(2,3)4/h6-15H,5,16-24H2,1-4H3. The molecule has 1 aromatic heterocycles. The van der Waals surface area contributed by atoms with Crippen molar-refractivity contribution in [3.8, 4) is 0 Å². The molecule has 1 saturated heterocycles. The Morgan fingerprint density at radius 2 is 1.71 bits per heavy atom. The van der Waals surface area contributed by atoms with Crippen LogP contribution in [0.15, 0.2) is 60.8 Å². The molecule has 6 nitrogen and oxygen atoms in total. The van der Waals surface area contributed by atoms with Crippen molar-refractivity contribution in [1.29, 1.82) is 0 Å². The van der Waals surface area contributed by atoms with E-state index in [1.807, 2.05) is 32.9 Å². The second-order valence-electron chi connectivity index (χ2n) is 12.0. The fourth-order valence-corrected chi connectivity index (χ4v) is 5.26. The van der Waals surface area contributed by atoms with Gasteiger partial charge in [0.15, 0.2) is 0 Å². The number of hydrogen-bond acceptors (Lipinski definition) is 6. The highest BCUT2D eigenvalue weighted by atomic mass is 35.5. The Hall–Kier alpha value is -3.00. The van der Waals surface area contributed by atoms with Gasteiger partial charge in [-0.05, 0) is 41.3 Å². The minimum atomic E-state index is -0.259. The van der Waals surface area contributed by atoms with E-state index in [9.17, 15) is 9.18 Å². The van der Waals surface area contributed by atoms with E-state index in [1.54, 1.807) is 18.3 Å². The third kappa shape index (κ3) is 9.25. The molecule has 1 aliphatic rings. The molecule has 3 aromatic rings. The third-order valence-electron chi connectivity index (χ3n) is 7.33. The number of hydrogen-bond donors (Lipinski definition) is 0. The van der Waals surface area contributed by atoms with E-state index in [-0.39, 0.29) is 23.8 Å². The molecule has 0 aliphatic carbocycles. The molecule has 0 unspecified atom stereocenters. The first-order valence-electron chi connectivity index (χ1n) is 14.4. The lowest BCUT2D eigenvalue weighted by molar-refractivity contribution is -0.147. The van der Waals surface area contributed by atoms with Crippen molar-refractivity contribution in [3.63, 3.8) is 0 Å². The highest BCUT2D eigenvalue weighted by Crippen LogP contribution is 2.24. The minimum Gasteiger partial charge on any atom is -0.461 e. The molecule has 2 aromatic carbocycles. The lowest BCUT2D eigenvalue weighted by atomic mass is 9.92. The summed E-state index contributed by atoms with van der Waals surface area (Å²) in [6.07, 6.45) is 2.19. The van der Waals surface area contributed by atoms with Crippen molar-refractivity contribution < 1.29 is 13.9 Å². The summed E-state index contributed by atoms with van der Waals surface area (Å²) >= 11 is 6.25. The molecule has 2 heterocycles. The summed E-state index contributed by atoms with van der Waals surface area (Å²) in [6, 6.07) is 17.4. The van der Waals surface area contributed by atoms with Gasteiger partial charge in [-0.3, -0.25) is 14.6 Å². The average molecular weight is 581 g/mol. The first-order valence-corrected chi connectivity index (χ1v) is 14.8. The van der Waals surface area contributed by atoms with Gasteiger partial charge in [-0.15, -0.1) is 0 Å². The predicted octanol–water partition coefficient (Wildman–Crippen LogP) is 6.70. The number of aromatic nitrogens is 1. The number of esters is 1. The Labute approximate surface area is 249 Å². The van der Waals surface area contributed by atoms with Crippen LogP contribution in [0.2, 0.25) is 5.02 Å². The van der Waals surface area contributed by atoms with Crippen LogP contribution in [0.3, 0.4) is 0 Å². The summed E-state index contributed by atoms with van der Waals surface area (Å²) in [7, 11) is 0. The Morgan fingerprint density at radius 3 is 2.37 bits per heavy atom. The van der Waals surface area contributed by atoms with Crippen LogP contribution in [0.4, 0.5) is 10.2 Å². The molecular weight excluding hydrogens is 539 g/mol. The van der Waals surface area contributed by atoms with Crippen LogP contribution in [-0.4, -0.2) is 53.5 Å². The monoisotopic (exact) mass is 580 g/mol. The van der Waals surface area contributed by atoms with Crippen LogP contribution in [0.5, 0.6) is 0 Å². The number of carbonyl (C=O) groups excluding carboxylic acids is 1. The van der Waals surface area contributed by atoms with Gasteiger partial charge in [0, 0.05) is 68.2 Å². The van der Waals surface area contributed by atoms with Gasteiger partial charge in [0.1, 0.15) is 18.2 Å². The maximum absolute atomic E-state index is 14.3. The number of pyridine rings is 1. The Balaban J connectivity index is 1.27. The SMILES string of the molecule is CCN(Cc1ccc(CN2CCN(c3ncccc3COC(=O)CC(C)(C)C)CC2)cc1)Cc1c(F)cccc1Cl. The summed E-state index contributed by atoms with van der Waals surface area (Å²) in [5, 5.41) is 0.470. The van der Waals surface area contributed by atoms with Crippen molar-refractivity contribution in [2.45, 2.75) is 60.4 Å². The van der Waals surface area contributed by atoms with Gasteiger partial charge >= 0.3 is 5.97 Å². The van der Waals surface area contributed by atoms with Crippen molar-refractivity contribution in [1.82, 2.24) is 14.8 Å². The number of rotatable bonds is 11. The van der Waals surface area contributed by atoms with Gasteiger partial charge < -0.3 is 9.64 Å². The zero-order valence-corrected chi connectivity index (χ0v) is 25.5. The first-order chi connectivity index (χ1) is 19.6. The topological polar surface area (TPSA) is 48.9 Å². The van der Waals surface area contributed by atoms with E-state index >= 15 is 0 Å². The van der Waals surface area contributed by atoms with Crippen LogP contribution < -0.4 is 4.90 Å². The van der Waals surface area contributed by atoms with E-state index in [4.69, 9.17) is 16.3 Å². The number of ether oxygens (including phenoxy) is 1. The highest BCUT2D eigenvalue weighted by molar-refractivity contribution is 6.31. The van der Waals surface area contributed by atoms with Crippen LogP contribution in [0, 0.1) is 11.2 Å². The van der Waals surface area contributed by atoms with E-state index < -0.39 is 0 Å². The number of anilines is 1. The zero-order chi connectivity index (χ0) is 29.4. The smallest absolute Gasteiger partial charge is 0.306 e. The Morgan fingerprint density at radius 1 is 1.00 bits per heavy atom. The van der Waals surface area contributed by atoms with Crippen LogP contribution in [0.1, 0.15) is 56.4 Å². The Kier molecular flexibility index (Phi) is 10.8. The quantitative estimate of drug-likeness (QED) is 0.235. The largest absolute Gasteiger partial charge is 0.461 e. The molecule has 0 radical (unpaired) electrons. The fourth-order valence-electron chi connectivity index (χ4n) is 5.04. The van der Waals surface area contributed by atoms with E-state index in [0.717, 1.165) is 57.2 Å². The normalized spacial score (nSPS) is 14.5. The molecule has 41 heavy (non-hydrogen) atoms. The molecular formula is C33H42ClFN4O2. The molecule has 8 heteroatoms. The van der Waals surface area contributed by atoms with Gasteiger partial charge in [-0.1, -0.05) is 75.7 Å². The van der Waals surface area contributed by atoms with Crippen molar-refractivity contribution in [2.75, 3.05) is 37.6 Å². The van der Waals surface area contributed by atoms with Crippen LogP contribution in [-0.2, 0) is 35.8 Å². The highest BCUT2D eigenvalue weighted by Gasteiger charge is 2.22. The molecule has 1 fully saturated rings. The summed E-state index contributed by atoms with van der Waals surface area (Å²) in [5.74, 6) is 0.461. The molecule has 0 N–H and O–H groups in total. The second-order valence-corrected chi connectivity index (χ2v) is 12.4. The molecule has 0 saturated carbocycles. The number of nitrogens with zero attached hydrogens (tertiary/aromatic N) is 4. The fraction of sp³-hybridized carbons (Fsp3) is 0.455. The molecule has 1 aliphatic heterocycles. The van der Waals surface area contributed by atoms with E-state index in [2.05, 4.69) is 50.9 Å². The molecule has 220 valence electrons. The average Bonchev–Trinajstić information content (AvgIpc) is 2.94. The summed E-state index contributed by atoms with van der Waals surface area (Å²) in [4.78, 5) is 23.8. The van der Waals surface area contributed by atoms with Gasteiger partial charge in [-0.2, -0.15) is 0 Å². The lowest BCUT2D eigenvalue weighted by Crippen LogP contribution is -2.46. The molecule has 4 rings (SSSR count). The van der Waals surface area contributed by atoms with Crippen LogP contribution in [0.25, 0.3) is 0 Å². The zero-order valence-electron chi connectivity index (χ0n) is 24.7. The number of benzene rings is 2. The summed E-state index contributed by atoms with van der Waals surface area (Å²) in [5.41, 5.74) is 3.85. The molecule has 0 bridgehead atoms. The van der Waals surface area contributed by atoms with Crippen molar-refractivity contribution in [2.24, 2.45) is 5.41 Å². The maximum atomic E-state index is 14.3. The van der Waals surface area contributed by atoms with Gasteiger partial charge in [0.25, 0.3) is 0 Å². The molecule has 0 amide bonds.